The molecule has 78 valence electrons. The highest BCUT2D eigenvalue weighted by atomic mass is 32.2. The highest BCUT2D eigenvalue weighted by Crippen LogP contribution is 2.25. The lowest BCUT2D eigenvalue weighted by molar-refractivity contribution is 0.196. The van der Waals surface area contributed by atoms with E-state index in [0.29, 0.717) is 0 Å². The molecule has 0 aliphatic rings. The summed E-state index contributed by atoms with van der Waals surface area (Å²) in [4.78, 5) is 8.61. The van der Waals surface area contributed by atoms with E-state index in [4.69, 9.17) is 0 Å². The van der Waals surface area contributed by atoms with E-state index in [9.17, 15) is 5.11 Å². The number of thioether (sulfide) groups is 1. The zero-order valence-electron chi connectivity index (χ0n) is 8.98. The molecule has 1 N–H and O–H groups in total. The van der Waals surface area contributed by atoms with Crippen LogP contribution in [0.3, 0.4) is 0 Å². The van der Waals surface area contributed by atoms with Gasteiger partial charge in [-0.2, -0.15) is 0 Å². The maximum atomic E-state index is 9.37. The summed E-state index contributed by atoms with van der Waals surface area (Å²) in [7, 11) is 0. The maximum Gasteiger partial charge on any atom is 0.118 e. The van der Waals surface area contributed by atoms with Crippen LogP contribution in [0.5, 0.6) is 0 Å². The van der Waals surface area contributed by atoms with Crippen LogP contribution in [0.15, 0.2) is 11.2 Å². The summed E-state index contributed by atoms with van der Waals surface area (Å²) in [6.45, 7) is 7.63. The molecule has 0 saturated carbocycles. The molecule has 1 aromatic heterocycles. The van der Waals surface area contributed by atoms with E-state index in [0.717, 1.165) is 16.4 Å². The Bertz CT molecular complexity index is 315. The van der Waals surface area contributed by atoms with Crippen molar-refractivity contribution >= 4 is 11.8 Å². The van der Waals surface area contributed by atoms with Gasteiger partial charge in [-0.3, -0.25) is 4.98 Å². The monoisotopic (exact) mass is 212 g/mol. The molecule has 1 rings (SSSR count). The zero-order valence-corrected chi connectivity index (χ0v) is 9.80. The number of aliphatic hydroxyl groups excluding tert-OH is 1. The lowest BCUT2D eigenvalue weighted by Gasteiger charge is -2.14. The summed E-state index contributed by atoms with van der Waals surface area (Å²) in [6.07, 6.45) is 1.42. The molecular formula is C10H16N2OS. The zero-order chi connectivity index (χ0) is 10.7. The molecule has 0 bridgehead atoms. The van der Waals surface area contributed by atoms with Gasteiger partial charge >= 0.3 is 0 Å². The number of aromatic nitrogens is 2. The van der Waals surface area contributed by atoms with Gasteiger partial charge < -0.3 is 5.11 Å². The fourth-order valence-corrected chi connectivity index (χ4v) is 1.87. The molecule has 0 fully saturated rings. The topological polar surface area (TPSA) is 46.0 Å². The Morgan fingerprint density at radius 2 is 2.00 bits per heavy atom. The smallest absolute Gasteiger partial charge is 0.118 e. The summed E-state index contributed by atoms with van der Waals surface area (Å²) in [5.41, 5.74) is 1.84. The van der Waals surface area contributed by atoms with Crippen molar-refractivity contribution in [3.05, 3.63) is 17.6 Å². The SMILES string of the molecule is Cc1cnc(C)c(SC(C)C(C)O)n1. The predicted molar refractivity (Wildman–Crippen MR) is 58.5 cm³/mol. The minimum Gasteiger partial charge on any atom is -0.392 e. The van der Waals surface area contributed by atoms with Crippen molar-refractivity contribution in [1.29, 1.82) is 0 Å². The second-order valence-electron chi connectivity index (χ2n) is 3.47. The number of hydrogen-bond donors (Lipinski definition) is 1. The van der Waals surface area contributed by atoms with Gasteiger partial charge in [-0.25, -0.2) is 4.98 Å². The number of aryl methyl sites for hydroxylation is 2. The number of aliphatic hydroxyl groups is 1. The Morgan fingerprint density at radius 1 is 1.36 bits per heavy atom. The van der Waals surface area contributed by atoms with E-state index in [1.54, 1.807) is 24.9 Å². The molecule has 2 atom stereocenters. The molecular weight excluding hydrogens is 196 g/mol. The van der Waals surface area contributed by atoms with E-state index in [1.807, 2.05) is 20.8 Å². The number of nitrogens with zero attached hydrogens (tertiary/aromatic N) is 2. The van der Waals surface area contributed by atoms with Crippen molar-refractivity contribution in [1.82, 2.24) is 9.97 Å². The maximum absolute atomic E-state index is 9.37. The van der Waals surface area contributed by atoms with Crippen LogP contribution >= 0.6 is 11.8 Å². The van der Waals surface area contributed by atoms with E-state index in [1.165, 1.54) is 0 Å². The van der Waals surface area contributed by atoms with Gasteiger partial charge in [0.15, 0.2) is 0 Å². The Morgan fingerprint density at radius 3 is 2.57 bits per heavy atom. The molecule has 0 aliphatic carbocycles. The molecule has 0 amide bonds. The van der Waals surface area contributed by atoms with Crippen molar-refractivity contribution in [2.24, 2.45) is 0 Å². The fraction of sp³-hybridized carbons (Fsp3) is 0.600. The number of rotatable bonds is 3. The largest absolute Gasteiger partial charge is 0.392 e. The van der Waals surface area contributed by atoms with Crippen LogP contribution in [-0.4, -0.2) is 26.4 Å². The first-order valence-corrected chi connectivity index (χ1v) is 5.53. The van der Waals surface area contributed by atoms with Gasteiger partial charge in [-0.15, -0.1) is 0 Å². The Hall–Kier alpha value is -0.610. The molecule has 2 unspecified atom stereocenters. The van der Waals surface area contributed by atoms with Crippen molar-refractivity contribution in [2.45, 2.75) is 44.1 Å². The van der Waals surface area contributed by atoms with E-state index >= 15 is 0 Å². The lowest BCUT2D eigenvalue weighted by Crippen LogP contribution is -2.15. The third kappa shape index (κ3) is 2.96. The van der Waals surface area contributed by atoms with Crippen LogP contribution in [0.2, 0.25) is 0 Å². The van der Waals surface area contributed by atoms with Crippen LogP contribution in [-0.2, 0) is 0 Å². The van der Waals surface area contributed by atoms with Gasteiger partial charge in [0.1, 0.15) is 5.03 Å². The van der Waals surface area contributed by atoms with Gasteiger partial charge in [0.05, 0.1) is 17.5 Å². The Labute approximate surface area is 89.0 Å². The highest BCUT2D eigenvalue weighted by molar-refractivity contribution is 7.99. The summed E-state index contributed by atoms with van der Waals surface area (Å²) in [6, 6.07) is 0. The standard InChI is InChI=1S/C10H16N2OS/c1-6-5-11-7(2)10(12-6)14-9(4)8(3)13/h5,8-9,13H,1-4H3. The average Bonchev–Trinajstić information content (AvgIpc) is 2.11. The highest BCUT2D eigenvalue weighted by Gasteiger charge is 2.13. The van der Waals surface area contributed by atoms with Crippen molar-refractivity contribution < 1.29 is 5.11 Å². The normalized spacial score (nSPS) is 15.2. The molecule has 0 aromatic carbocycles. The second kappa shape index (κ2) is 4.75. The van der Waals surface area contributed by atoms with Crippen LogP contribution < -0.4 is 0 Å². The molecule has 14 heavy (non-hydrogen) atoms. The minimum absolute atomic E-state index is 0.143. The van der Waals surface area contributed by atoms with Gasteiger partial charge in [-0.1, -0.05) is 18.7 Å². The van der Waals surface area contributed by atoms with E-state index in [2.05, 4.69) is 9.97 Å². The third-order valence-electron chi connectivity index (χ3n) is 2.01. The molecule has 1 aromatic rings. The van der Waals surface area contributed by atoms with Gasteiger partial charge in [0.2, 0.25) is 0 Å². The molecule has 0 saturated heterocycles. The van der Waals surface area contributed by atoms with Crippen LogP contribution in [0.4, 0.5) is 0 Å². The molecule has 4 heteroatoms. The summed E-state index contributed by atoms with van der Waals surface area (Å²) in [5.74, 6) is 0. The quantitative estimate of drug-likeness (QED) is 0.778. The van der Waals surface area contributed by atoms with Crippen LogP contribution in [0.25, 0.3) is 0 Å². The first kappa shape index (κ1) is 11.5. The first-order valence-electron chi connectivity index (χ1n) is 4.65. The van der Waals surface area contributed by atoms with E-state index < -0.39 is 0 Å². The van der Waals surface area contributed by atoms with Gasteiger partial charge in [0.25, 0.3) is 0 Å². The van der Waals surface area contributed by atoms with Crippen molar-refractivity contribution in [2.75, 3.05) is 0 Å². The Balaban J connectivity index is 2.80. The van der Waals surface area contributed by atoms with Crippen molar-refractivity contribution in [3.8, 4) is 0 Å². The summed E-state index contributed by atoms with van der Waals surface area (Å²) >= 11 is 1.57. The summed E-state index contributed by atoms with van der Waals surface area (Å²) < 4.78 is 0. The molecule has 0 aliphatic heterocycles. The molecule has 0 spiro atoms. The first-order chi connectivity index (χ1) is 6.50. The Kier molecular flexibility index (Phi) is 3.89. The lowest BCUT2D eigenvalue weighted by atomic mass is 10.3. The number of hydrogen-bond acceptors (Lipinski definition) is 4. The minimum atomic E-state index is -0.332. The van der Waals surface area contributed by atoms with E-state index in [-0.39, 0.29) is 11.4 Å². The van der Waals surface area contributed by atoms with Gasteiger partial charge in [0, 0.05) is 11.4 Å². The summed E-state index contributed by atoms with van der Waals surface area (Å²) in [5, 5.41) is 10.4. The predicted octanol–water partition coefficient (Wildman–Crippen LogP) is 1.95. The fourth-order valence-electron chi connectivity index (χ4n) is 0.902. The molecule has 1 heterocycles. The average molecular weight is 212 g/mol. The molecule has 0 radical (unpaired) electrons. The van der Waals surface area contributed by atoms with Crippen molar-refractivity contribution in [3.63, 3.8) is 0 Å². The van der Waals surface area contributed by atoms with Gasteiger partial charge in [-0.05, 0) is 20.8 Å². The van der Waals surface area contributed by atoms with Crippen LogP contribution in [0, 0.1) is 13.8 Å². The van der Waals surface area contributed by atoms with Crippen LogP contribution in [0.1, 0.15) is 25.2 Å². The second-order valence-corrected chi connectivity index (χ2v) is 4.83. The third-order valence-corrected chi connectivity index (χ3v) is 3.38. The molecule has 3 nitrogen and oxygen atoms in total.